The lowest BCUT2D eigenvalue weighted by atomic mass is 10.1. The Morgan fingerprint density at radius 2 is 2.29 bits per heavy atom. The molecule has 82 valence electrons. The fourth-order valence-electron chi connectivity index (χ4n) is 2.18. The summed E-state index contributed by atoms with van der Waals surface area (Å²) in [6.45, 7) is 3.49. The number of likely N-dealkylation sites (tertiary alicyclic amines) is 1. The van der Waals surface area contributed by atoms with E-state index in [1.807, 2.05) is 0 Å². The number of halogens is 2. The molecule has 2 aliphatic rings. The summed E-state index contributed by atoms with van der Waals surface area (Å²) in [5.74, 6) is 0. The van der Waals surface area contributed by atoms with Gasteiger partial charge in [-0.3, -0.25) is 4.90 Å². The molecule has 0 aromatic carbocycles. The number of alkyl halides is 2. The molecule has 0 N–H and O–H groups in total. The summed E-state index contributed by atoms with van der Waals surface area (Å²) in [7, 11) is 0. The quantitative estimate of drug-likeness (QED) is 0.570. The summed E-state index contributed by atoms with van der Waals surface area (Å²) < 4.78 is 19.2. The highest BCUT2D eigenvalue weighted by atomic mass is 127. The van der Waals surface area contributed by atoms with Gasteiger partial charge in [0.15, 0.2) is 0 Å². The molecule has 1 atom stereocenters. The van der Waals surface area contributed by atoms with E-state index in [4.69, 9.17) is 4.74 Å². The van der Waals surface area contributed by atoms with Crippen molar-refractivity contribution in [1.29, 1.82) is 0 Å². The molecule has 0 aromatic heterocycles. The standard InChI is InChI=1S/C10H17FINO/c11-9-1-4-13(5-9)6-10(2-3-10)7-14-8-12/h9H,1-8H2/t9-/m1/s1. The van der Waals surface area contributed by atoms with E-state index in [2.05, 4.69) is 27.5 Å². The summed E-state index contributed by atoms with van der Waals surface area (Å²) in [6, 6.07) is 0. The number of rotatable bonds is 5. The van der Waals surface area contributed by atoms with Crippen LogP contribution in [-0.2, 0) is 4.74 Å². The number of hydrogen-bond acceptors (Lipinski definition) is 2. The molecule has 0 aromatic rings. The van der Waals surface area contributed by atoms with Crippen LogP contribution in [0.5, 0.6) is 0 Å². The minimum absolute atomic E-state index is 0.384. The highest BCUT2D eigenvalue weighted by molar-refractivity contribution is 14.1. The topological polar surface area (TPSA) is 12.5 Å². The Morgan fingerprint density at radius 3 is 2.79 bits per heavy atom. The van der Waals surface area contributed by atoms with Crippen LogP contribution in [0.1, 0.15) is 19.3 Å². The average Bonchev–Trinajstić information content (AvgIpc) is 2.81. The van der Waals surface area contributed by atoms with Crippen molar-refractivity contribution in [2.24, 2.45) is 5.41 Å². The van der Waals surface area contributed by atoms with Gasteiger partial charge < -0.3 is 4.74 Å². The van der Waals surface area contributed by atoms with Crippen LogP contribution < -0.4 is 0 Å². The van der Waals surface area contributed by atoms with E-state index >= 15 is 0 Å². The van der Waals surface area contributed by atoms with Crippen molar-refractivity contribution in [1.82, 2.24) is 4.90 Å². The van der Waals surface area contributed by atoms with Crippen LogP contribution in [0.3, 0.4) is 0 Å². The van der Waals surface area contributed by atoms with Gasteiger partial charge in [-0.15, -0.1) is 0 Å². The molecule has 0 amide bonds. The van der Waals surface area contributed by atoms with Crippen LogP contribution in [0, 0.1) is 5.41 Å². The van der Waals surface area contributed by atoms with Gasteiger partial charge in [-0.1, -0.05) is 22.6 Å². The van der Waals surface area contributed by atoms with Gasteiger partial charge in [-0.25, -0.2) is 4.39 Å². The van der Waals surface area contributed by atoms with Gasteiger partial charge in [-0.2, -0.15) is 0 Å². The van der Waals surface area contributed by atoms with Crippen molar-refractivity contribution in [3.05, 3.63) is 0 Å². The van der Waals surface area contributed by atoms with Crippen molar-refractivity contribution in [2.75, 3.05) is 30.9 Å². The maximum absolute atomic E-state index is 12.9. The van der Waals surface area contributed by atoms with E-state index in [1.54, 1.807) is 0 Å². The molecule has 2 fully saturated rings. The zero-order valence-electron chi connectivity index (χ0n) is 8.35. The molecule has 1 saturated heterocycles. The van der Waals surface area contributed by atoms with Crippen molar-refractivity contribution in [2.45, 2.75) is 25.4 Å². The van der Waals surface area contributed by atoms with Crippen LogP contribution in [-0.4, -0.2) is 41.9 Å². The van der Waals surface area contributed by atoms with E-state index in [0.717, 1.165) is 30.7 Å². The van der Waals surface area contributed by atoms with Gasteiger partial charge in [-0.05, 0) is 19.3 Å². The smallest absolute Gasteiger partial charge is 0.114 e. The first-order valence-electron chi connectivity index (χ1n) is 5.24. The first kappa shape index (κ1) is 11.1. The van der Waals surface area contributed by atoms with E-state index in [9.17, 15) is 4.39 Å². The monoisotopic (exact) mass is 313 g/mol. The van der Waals surface area contributed by atoms with Crippen LogP contribution in [0.4, 0.5) is 4.39 Å². The van der Waals surface area contributed by atoms with Crippen molar-refractivity contribution < 1.29 is 9.13 Å². The number of hydrogen-bond donors (Lipinski definition) is 0. The van der Waals surface area contributed by atoms with Gasteiger partial charge >= 0.3 is 0 Å². The highest BCUT2D eigenvalue weighted by Gasteiger charge is 2.45. The van der Waals surface area contributed by atoms with E-state index in [0.29, 0.717) is 12.0 Å². The van der Waals surface area contributed by atoms with Gasteiger partial charge in [0.25, 0.3) is 0 Å². The number of ether oxygens (including phenoxy) is 1. The molecule has 1 heterocycles. The summed E-state index contributed by atoms with van der Waals surface area (Å²) in [6.07, 6.45) is 2.66. The van der Waals surface area contributed by atoms with Gasteiger partial charge in [0.1, 0.15) is 6.17 Å². The van der Waals surface area contributed by atoms with Gasteiger partial charge in [0, 0.05) is 25.0 Å². The SMILES string of the molecule is F[C@@H]1CCN(CC2(COCI)CC2)C1. The maximum atomic E-state index is 12.9. The average molecular weight is 313 g/mol. The molecular weight excluding hydrogens is 296 g/mol. The highest BCUT2D eigenvalue weighted by Crippen LogP contribution is 2.47. The normalized spacial score (nSPS) is 30.9. The second-order valence-corrected chi connectivity index (χ2v) is 5.20. The molecule has 1 saturated carbocycles. The Balaban J connectivity index is 1.73. The van der Waals surface area contributed by atoms with E-state index in [1.165, 1.54) is 12.8 Å². The second kappa shape index (κ2) is 4.61. The summed E-state index contributed by atoms with van der Waals surface area (Å²) in [5.41, 5.74) is 0.384. The van der Waals surface area contributed by atoms with Crippen molar-refractivity contribution in [3.8, 4) is 0 Å². The molecule has 0 unspecified atom stereocenters. The lowest BCUT2D eigenvalue weighted by Crippen LogP contribution is -2.31. The van der Waals surface area contributed by atoms with Crippen LogP contribution in [0.25, 0.3) is 0 Å². The maximum Gasteiger partial charge on any atom is 0.114 e. The third kappa shape index (κ3) is 2.79. The Labute approximate surface area is 98.3 Å². The summed E-state index contributed by atoms with van der Waals surface area (Å²) >= 11 is 2.23. The zero-order chi connectivity index (χ0) is 10.0. The van der Waals surface area contributed by atoms with Crippen LogP contribution >= 0.6 is 22.6 Å². The Hall–Kier alpha value is 0.580. The lowest BCUT2D eigenvalue weighted by Gasteiger charge is -2.22. The van der Waals surface area contributed by atoms with Gasteiger partial charge in [0.05, 0.1) is 11.2 Å². The second-order valence-electron chi connectivity index (χ2n) is 4.58. The predicted octanol–water partition coefficient (Wildman–Crippen LogP) is 2.22. The fraction of sp³-hybridized carbons (Fsp3) is 1.00. The van der Waals surface area contributed by atoms with E-state index in [-0.39, 0.29) is 0 Å². The lowest BCUT2D eigenvalue weighted by molar-refractivity contribution is 0.109. The minimum atomic E-state index is -0.587. The van der Waals surface area contributed by atoms with Crippen LogP contribution in [0.15, 0.2) is 0 Å². The molecule has 0 bridgehead atoms. The van der Waals surface area contributed by atoms with Crippen molar-refractivity contribution in [3.63, 3.8) is 0 Å². The third-order valence-corrected chi connectivity index (χ3v) is 3.66. The molecule has 0 radical (unpaired) electrons. The molecule has 0 spiro atoms. The Kier molecular flexibility index (Phi) is 3.65. The van der Waals surface area contributed by atoms with E-state index < -0.39 is 6.17 Å². The molecular formula is C10H17FINO. The predicted molar refractivity (Wildman–Crippen MR) is 62.5 cm³/mol. The first-order chi connectivity index (χ1) is 6.74. The molecule has 1 aliphatic carbocycles. The largest absolute Gasteiger partial charge is 0.370 e. The molecule has 14 heavy (non-hydrogen) atoms. The Morgan fingerprint density at radius 1 is 1.50 bits per heavy atom. The number of nitrogens with zero attached hydrogens (tertiary/aromatic N) is 1. The summed E-state index contributed by atoms with van der Waals surface area (Å²) in [5, 5.41) is 0. The van der Waals surface area contributed by atoms with Crippen molar-refractivity contribution >= 4 is 22.6 Å². The first-order valence-corrected chi connectivity index (χ1v) is 6.77. The zero-order valence-corrected chi connectivity index (χ0v) is 10.5. The fourth-order valence-corrected chi connectivity index (χ4v) is 2.40. The third-order valence-electron chi connectivity index (χ3n) is 3.22. The van der Waals surface area contributed by atoms with Crippen LogP contribution in [0.2, 0.25) is 0 Å². The van der Waals surface area contributed by atoms with Gasteiger partial charge in [0.2, 0.25) is 0 Å². The minimum Gasteiger partial charge on any atom is -0.370 e. The molecule has 2 rings (SSSR count). The Bertz CT molecular complexity index is 199. The molecule has 1 aliphatic heterocycles. The molecule has 4 heteroatoms. The molecule has 2 nitrogen and oxygen atoms in total. The summed E-state index contributed by atoms with van der Waals surface area (Å²) in [4.78, 5) is 2.26.